The van der Waals surface area contributed by atoms with Crippen molar-refractivity contribution in [1.29, 1.82) is 0 Å². The van der Waals surface area contributed by atoms with E-state index in [1.54, 1.807) is 6.07 Å². The third kappa shape index (κ3) is 6.80. The zero-order chi connectivity index (χ0) is 16.0. The topological polar surface area (TPSA) is 15.3 Å². The van der Waals surface area contributed by atoms with Crippen LogP contribution in [0.3, 0.4) is 0 Å². The molecule has 1 N–H and O–H groups in total. The first kappa shape index (κ1) is 17.8. The molecule has 0 aromatic heterocycles. The summed E-state index contributed by atoms with van der Waals surface area (Å²) in [6, 6.07) is 4.63. The monoisotopic (exact) mass is 306 g/mol. The van der Waals surface area contributed by atoms with E-state index >= 15 is 0 Å². The van der Waals surface area contributed by atoms with E-state index in [0.29, 0.717) is 12.5 Å². The lowest BCUT2D eigenvalue weighted by molar-refractivity contribution is -0.132. The van der Waals surface area contributed by atoms with Gasteiger partial charge in [-0.25, -0.2) is 4.39 Å². The molecule has 0 unspecified atom stereocenters. The minimum atomic E-state index is -4.23. The first-order valence-electron chi connectivity index (χ1n) is 6.96. The summed E-state index contributed by atoms with van der Waals surface area (Å²) in [6.07, 6.45) is -5.19. The summed E-state index contributed by atoms with van der Waals surface area (Å²) in [6.45, 7) is 5.26. The smallest absolute Gasteiger partial charge is 0.372 e. The molecule has 6 heteroatoms. The Morgan fingerprint density at radius 3 is 2.43 bits per heavy atom. The second-order valence-corrected chi connectivity index (χ2v) is 5.60. The highest BCUT2D eigenvalue weighted by molar-refractivity contribution is 5.48. The molecule has 0 aliphatic carbocycles. The van der Waals surface area contributed by atoms with Crippen LogP contribution in [0.1, 0.15) is 25.8 Å². The molecule has 0 fully saturated rings. The summed E-state index contributed by atoms with van der Waals surface area (Å²) in [4.78, 5) is 1.29. The largest absolute Gasteiger partial charge is 0.390 e. The fourth-order valence-electron chi connectivity index (χ4n) is 1.89. The van der Waals surface area contributed by atoms with E-state index < -0.39 is 18.4 Å². The van der Waals surface area contributed by atoms with Gasteiger partial charge in [-0.05, 0) is 30.2 Å². The molecule has 2 nitrogen and oxygen atoms in total. The van der Waals surface area contributed by atoms with Crippen LogP contribution in [-0.4, -0.2) is 26.3 Å². The van der Waals surface area contributed by atoms with Crippen LogP contribution in [0, 0.1) is 11.7 Å². The number of nitrogens with one attached hydrogen (secondary N) is 1. The van der Waals surface area contributed by atoms with E-state index in [0.717, 1.165) is 12.1 Å². The van der Waals surface area contributed by atoms with Gasteiger partial charge in [-0.15, -0.1) is 0 Å². The zero-order valence-corrected chi connectivity index (χ0v) is 12.6. The molecule has 1 rings (SSSR count). The number of alkyl halides is 3. The van der Waals surface area contributed by atoms with Gasteiger partial charge >= 0.3 is 6.18 Å². The summed E-state index contributed by atoms with van der Waals surface area (Å²) in [5.41, 5.74) is 0.966. The van der Waals surface area contributed by atoms with Gasteiger partial charge < -0.3 is 10.2 Å². The van der Waals surface area contributed by atoms with Crippen molar-refractivity contribution in [1.82, 2.24) is 5.32 Å². The van der Waals surface area contributed by atoms with Crippen molar-refractivity contribution in [2.45, 2.75) is 33.0 Å². The van der Waals surface area contributed by atoms with Crippen LogP contribution in [-0.2, 0) is 6.54 Å². The lowest BCUT2D eigenvalue weighted by Gasteiger charge is -2.21. The van der Waals surface area contributed by atoms with E-state index in [1.165, 1.54) is 24.1 Å². The summed E-state index contributed by atoms with van der Waals surface area (Å²) in [5.74, 6) is 0.00569. The fraction of sp³-hybridized carbons (Fsp3) is 0.600. The van der Waals surface area contributed by atoms with Crippen LogP contribution in [0.25, 0.3) is 0 Å². The van der Waals surface area contributed by atoms with Gasteiger partial charge in [0, 0.05) is 20.1 Å². The molecule has 0 spiro atoms. The zero-order valence-electron chi connectivity index (χ0n) is 12.6. The molecule has 0 amide bonds. The molecular weight excluding hydrogens is 284 g/mol. The number of halogens is 4. The SMILES string of the molecule is CC(C)CNCc1ccc(N(C)CCC(F)(F)F)c(F)c1. The lowest BCUT2D eigenvalue weighted by atomic mass is 10.1. The van der Waals surface area contributed by atoms with Gasteiger partial charge in [0.25, 0.3) is 0 Å². The molecule has 0 saturated heterocycles. The molecular formula is C15H22F4N2. The van der Waals surface area contributed by atoms with E-state index in [1.807, 2.05) is 0 Å². The summed E-state index contributed by atoms with van der Waals surface area (Å²) < 4.78 is 50.5. The molecule has 0 atom stereocenters. The molecule has 1 aromatic carbocycles. The highest BCUT2D eigenvalue weighted by Gasteiger charge is 2.27. The number of rotatable bonds is 7. The number of nitrogens with zero attached hydrogens (tertiary/aromatic N) is 1. The van der Waals surface area contributed by atoms with Gasteiger partial charge in [0.2, 0.25) is 0 Å². The predicted octanol–water partition coefficient (Wildman–Crippen LogP) is 3.96. The van der Waals surface area contributed by atoms with Gasteiger partial charge in [-0.3, -0.25) is 0 Å². The van der Waals surface area contributed by atoms with Crippen LogP contribution in [0.4, 0.5) is 23.2 Å². The Bertz CT molecular complexity index is 444. The summed E-state index contributed by atoms with van der Waals surface area (Å²) in [5, 5.41) is 3.19. The minimum Gasteiger partial charge on any atom is -0.372 e. The van der Waals surface area contributed by atoms with E-state index in [4.69, 9.17) is 0 Å². The van der Waals surface area contributed by atoms with Crippen LogP contribution in [0.5, 0.6) is 0 Å². The second-order valence-electron chi connectivity index (χ2n) is 5.60. The Labute approximate surface area is 123 Å². The van der Waals surface area contributed by atoms with Gasteiger partial charge in [-0.2, -0.15) is 13.2 Å². The molecule has 120 valence electrons. The van der Waals surface area contributed by atoms with Gasteiger partial charge in [0.1, 0.15) is 5.82 Å². The maximum Gasteiger partial charge on any atom is 0.390 e. The third-order valence-corrected chi connectivity index (χ3v) is 3.04. The Kier molecular flexibility index (Phi) is 6.45. The van der Waals surface area contributed by atoms with Crippen molar-refractivity contribution >= 4 is 5.69 Å². The Balaban J connectivity index is 2.60. The van der Waals surface area contributed by atoms with Crippen molar-refractivity contribution in [3.05, 3.63) is 29.6 Å². The summed E-state index contributed by atoms with van der Waals surface area (Å²) in [7, 11) is 1.46. The van der Waals surface area contributed by atoms with Crippen molar-refractivity contribution in [3.8, 4) is 0 Å². The van der Waals surface area contributed by atoms with Gasteiger partial charge in [0.15, 0.2) is 0 Å². The van der Waals surface area contributed by atoms with Gasteiger partial charge in [0.05, 0.1) is 12.1 Å². The van der Waals surface area contributed by atoms with Crippen molar-refractivity contribution in [3.63, 3.8) is 0 Å². The molecule has 0 aliphatic rings. The highest BCUT2D eigenvalue weighted by atomic mass is 19.4. The maximum absolute atomic E-state index is 14.0. The maximum atomic E-state index is 14.0. The normalized spacial score (nSPS) is 12.0. The third-order valence-electron chi connectivity index (χ3n) is 3.04. The van der Waals surface area contributed by atoms with Crippen molar-refractivity contribution in [2.24, 2.45) is 5.92 Å². The highest BCUT2D eigenvalue weighted by Crippen LogP contribution is 2.24. The predicted molar refractivity (Wildman–Crippen MR) is 76.9 cm³/mol. The number of anilines is 1. The molecule has 21 heavy (non-hydrogen) atoms. The first-order chi connectivity index (χ1) is 9.69. The van der Waals surface area contributed by atoms with Gasteiger partial charge in [-0.1, -0.05) is 19.9 Å². The van der Waals surface area contributed by atoms with E-state index in [9.17, 15) is 17.6 Å². The Hall–Kier alpha value is -1.30. The van der Waals surface area contributed by atoms with Crippen molar-refractivity contribution < 1.29 is 17.6 Å². The molecule has 0 bridgehead atoms. The minimum absolute atomic E-state index is 0.187. The van der Waals surface area contributed by atoms with E-state index in [2.05, 4.69) is 19.2 Å². The van der Waals surface area contributed by atoms with Crippen molar-refractivity contribution in [2.75, 3.05) is 25.0 Å². The first-order valence-corrected chi connectivity index (χ1v) is 6.96. The molecule has 0 heterocycles. The second kappa shape index (κ2) is 7.64. The van der Waals surface area contributed by atoms with Crippen LogP contribution in [0.15, 0.2) is 18.2 Å². The number of benzene rings is 1. The van der Waals surface area contributed by atoms with Crippen LogP contribution in [0.2, 0.25) is 0 Å². The molecule has 0 aliphatic heterocycles. The average molecular weight is 306 g/mol. The Morgan fingerprint density at radius 1 is 1.24 bits per heavy atom. The Morgan fingerprint density at radius 2 is 1.90 bits per heavy atom. The van der Waals surface area contributed by atoms with E-state index in [-0.39, 0.29) is 12.2 Å². The number of hydrogen-bond acceptors (Lipinski definition) is 2. The fourth-order valence-corrected chi connectivity index (χ4v) is 1.89. The molecule has 0 radical (unpaired) electrons. The standard InChI is InChI=1S/C15H22F4N2/c1-11(2)9-20-10-12-4-5-14(13(16)8-12)21(3)7-6-15(17,18)19/h4-5,8,11,20H,6-7,9-10H2,1-3H3. The van der Waals surface area contributed by atoms with Crippen LogP contribution < -0.4 is 10.2 Å². The van der Waals surface area contributed by atoms with Crippen LogP contribution >= 0.6 is 0 Å². The number of hydrogen-bond donors (Lipinski definition) is 1. The molecule has 0 saturated carbocycles. The average Bonchev–Trinajstić information content (AvgIpc) is 2.35. The lowest BCUT2D eigenvalue weighted by Crippen LogP contribution is -2.25. The summed E-state index contributed by atoms with van der Waals surface area (Å²) >= 11 is 0. The molecule has 1 aromatic rings. The quantitative estimate of drug-likeness (QED) is 0.767.